The lowest BCUT2D eigenvalue weighted by Gasteiger charge is -2.20. The number of hydrogen-bond donors (Lipinski definition) is 2. The van der Waals surface area contributed by atoms with E-state index in [0.29, 0.717) is 19.5 Å². The van der Waals surface area contributed by atoms with Gasteiger partial charge in [0.25, 0.3) is 0 Å². The van der Waals surface area contributed by atoms with E-state index in [2.05, 4.69) is 0 Å². The molecule has 84 valence electrons. The van der Waals surface area contributed by atoms with Crippen molar-refractivity contribution in [2.45, 2.75) is 19.6 Å². The van der Waals surface area contributed by atoms with E-state index in [1.807, 2.05) is 0 Å². The highest BCUT2D eigenvalue weighted by molar-refractivity contribution is 7.88. The molecule has 0 radical (unpaired) electrons. The monoisotopic (exact) mass is 223 g/mol. The Morgan fingerprint density at radius 2 is 2.00 bits per heavy atom. The zero-order valence-corrected chi connectivity index (χ0v) is 9.24. The summed E-state index contributed by atoms with van der Waals surface area (Å²) in [5, 5.41) is 17.9. The molecule has 0 saturated carbocycles. The second kappa shape index (κ2) is 4.14. The highest BCUT2D eigenvalue weighted by atomic mass is 32.2. The SMILES string of the molecule is CC(C(O)O)C1CCN(S(C)(=O)=O)C1. The van der Waals surface area contributed by atoms with E-state index < -0.39 is 16.3 Å². The molecule has 0 aliphatic carbocycles. The number of hydrogen-bond acceptors (Lipinski definition) is 4. The van der Waals surface area contributed by atoms with Gasteiger partial charge in [-0.2, -0.15) is 0 Å². The summed E-state index contributed by atoms with van der Waals surface area (Å²) in [6.45, 7) is 2.61. The molecule has 0 amide bonds. The van der Waals surface area contributed by atoms with Gasteiger partial charge in [0.2, 0.25) is 10.0 Å². The fourth-order valence-corrected chi connectivity index (χ4v) is 2.63. The van der Waals surface area contributed by atoms with E-state index >= 15 is 0 Å². The molecule has 2 atom stereocenters. The molecule has 5 nitrogen and oxygen atoms in total. The van der Waals surface area contributed by atoms with Gasteiger partial charge in [-0.1, -0.05) is 6.92 Å². The van der Waals surface area contributed by atoms with Gasteiger partial charge in [0.15, 0.2) is 6.29 Å². The van der Waals surface area contributed by atoms with Crippen molar-refractivity contribution in [2.75, 3.05) is 19.3 Å². The Kier molecular flexibility index (Phi) is 3.52. The van der Waals surface area contributed by atoms with Crippen molar-refractivity contribution in [1.82, 2.24) is 4.31 Å². The lowest BCUT2D eigenvalue weighted by molar-refractivity contribution is -0.0926. The van der Waals surface area contributed by atoms with Gasteiger partial charge in [-0.15, -0.1) is 0 Å². The molecule has 6 heteroatoms. The molecule has 1 aliphatic rings. The summed E-state index contributed by atoms with van der Waals surface area (Å²) in [7, 11) is -3.12. The molecule has 1 rings (SSSR count). The minimum absolute atomic E-state index is 0.0460. The van der Waals surface area contributed by atoms with E-state index in [1.165, 1.54) is 10.6 Å². The molecule has 0 aromatic heterocycles. The molecule has 2 N–H and O–H groups in total. The largest absolute Gasteiger partial charge is 0.368 e. The van der Waals surface area contributed by atoms with Gasteiger partial charge >= 0.3 is 0 Å². The lowest BCUT2D eigenvalue weighted by Crippen LogP contribution is -2.31. The van der Waals surface area contributed by atoms with Crippen molar-refractivity contribution < 1.29 is 18.6 Å². The molecular weight excluding hydrogens is 206 g/mol. The first-order chi connectivity index (χ1) is 6.32. The van der Waals surface area contributed by atoms with Crippen LogP contribution in [0.15, 0.2) is 0 Å². The Labute approximate surface area is 84.4 Å². The standard InChI is InChI=1S/C8H17NO4S/c1-6(8(10)11)7-3-4-9(5-7)14(2,12)13/h6-8,10-11H,3-5H2,1-2H3. The van der Waals surface area contributed by atoms with Crippen LogP contribution in [-0.4, -0.2) is 48.6 Å². The highest BCUT2D eigenvalue weighted by Gasteiger charge is 2.33. The van der Waals surface area contributed by atoms with Gasteiger partial charge in [0.1, 0.15) is 0 Å². The van der Waals surface area contributed by atoms with Gasteiger partial charge in [-0.05, 0) is 12.3 Å². The molecule has 1 heterocycles. The Hall–Kier alpha value is -0.170. The minimum Gasteiger partial charge on any atom is -0.368 e. The van der Waals surface area contributed by atoms with E-state index in [4.69, 9.17) is 10.2 Å². The zero-order chi connectivity index (χ0) is 10.9. The van der Waals surface area contributed by atoms with Crippen LogP contribution in [0.4, 0.5) is 0 Å². The van der Waals surface area contributed by atoms with E-state index in [9.17, 15) is 8.42 Å². The van der Waals surface area contributed by atoms with Crippen molar-refractivity contribution in [3.05, 3.63) is 0 Å². The van der Waals surface area contributed by atoms with Crippen LogP contribution in [-0.2, 0) is 10.0 Å². The average Bonchev–Trinajstić information content (AvgIpc) is 2.49. The number of aliphatic hydroxyl groups is 2. The topological polar surface area (TPSA) is 77.8 Å². The van der Waals surface area contributed by atoms with Crippen LogP contribution >= 0.6 is 0 Å². The van der Waals surface area contributed by atoms with Gasteiger partial charge in [-0.3, -0.25) is 0 Å². The summed E-state index contributed by atoms with van der Waals surface area (Å²) in [5.74, 6) is -0.230. The Bertz CT molecular complexity index is 288. The zero-order valence-electron chi connectivity index (χ0n) is 8.42. The first-order valence-corrected chi connectivity index (χ1v) is 6.48. The van der Waals surface area contributed by atoms with Gasteiger partial charge in [0, 0.05) is 19.0 Å². The molecule has 1 aliphatic heterocycles. The average molecular weight is 223 g/mol. The maximum absolute atomic E-state index is 11.2. The van der Waals surface area contributed by atoms with Crippen molar-refractivity contribution in [3.8, 4) is 0 Å². The molecule has 0 aromatic rings. The summed E-state index contributed by atoms with van der Waals surface area (Å²) in [5.41, 5.74) is 0. The number of nitrogens with zero attached hydrogens (tertiary/aromatic N) is 1. The smallest absolute Gasteiger partial charge is 0.211 e. The van der Waals surface area contributed by atoms with Crippen LogP contribution in [0.1, 0.15) is 13.3 Å². The fourth-order valence-electron chi connectivity index (χ4n) is 1.73. The molecule has 0 bridgehead atoms. The number of rotatable bonds is 3. The van der Waals surface area contributed by atoms with Crippen LogP contribution in [0.25, 0.3) is 0 Å². The highest BCUT2D eigenvalue weighted by Crippen LogP contribution is 2.26. The lowest BCUT2D eigenvalue weighted by atomic mass is 9.93. The van der Waals surface area contributed by atoms with Crippen LogP contribution in [0.2, 0.25) is 0 Å². The summed E-state index contributed by atoms with van der Waals surface area (Å²) < 4.78 is 23.7. The maximum atomic E-state index is 11.2. The summed E-state index contributed by atoms with van der Waals surface area (Å²) >= 11 is 0. The second-order valence-electron chi connectivity index (χ2n) is 3.94. The van der Waals surface area contributed by atoms with Gasteiger partial charge in [0.05, 0.1) is 6.26 Å². The normalized spacial score (nSPS) is 27.1. The van der Waals surface area contributed by atoms with E-state index in [0.717, 1.165) is 0 Å². The van der Waals surface area contributed by atoms with Crippen LogP contribution in [0.5, 0.6) is 0 Å². The fraction of sp³-hybridized carbons (Fsp3) is 1.00. The Balaban J connectivity index is 2.58. The molecule has 14 heavy (non-hydrogen) atoms. The number of aliphatic hydroxyl groups excluding tert-OH is 1. The second-order valence-corrected chi connectivity index (χ2v) is 5.92. The Morgan fingerprint density at radius 3 is 2.36 bits per heavy atom. The quantitative estimate of drug-likeness (QED) is 0.615. The molecular formula is C8H17NO4S. The van der Waals surface area contributed by atoms with E-state index in [-0.39, 0.29) is 11.8 Å². The van der Waals surface area contributed by atoms with Crippen molar-refractivity contribution in [2.24, 2.45) is 11.8 Å². The molecule has 1 fully saturated rings. The number of sulfonamides is 1. The molecule has 1 saturated heterocycles. The van der Waals surface area contributed by atoms with Crippen molar-refractivity contribution in [3.63, 3.8) is 0 Å². The van der Waals surface area contributed by atoms with Crippen molar-refractivity contribution >= 4 is 10.0 Å². The summed E-state index contributed by atoms with van der Waals surface area (Å²) in [6, 6.07) is 0. The van der Waals surface area contributed by atoms with Gasteiger partial charge in [-0.25, -0.2) is 12.7 Å². The third-order valence-electron chi connectivity index (χ3n) is 2.87. The van der Waals surface area contributed by atoms with Crippen LogP contribution < -0.4 is 0 Å². The van der Waals surface area contributed by atoms with Crippen LogP contribution in [0, 0.1) is 11.8 Å². The molecule has 0 aromatic carbocycles. The summed E-state index contributed by atoms with van der Waals surface area (Å²) in [4.78, 5) is 0. The maximum Gasteiger partial charge on any atom is 0.211 e. The third-order valence-corrected chi connectivity index (χ3v) is 4.14. The third kappa shape index (κ3) is 2.66. The first kappa shape index (κ1) is 11.9. The van der Waals surface area contributed by atoms with Gasteiger partial charge < -0.3 is 10.2 Å². The van der Waals surface area contributed by atoms with E-state index in [1.54, 1.807) is 6.92 Å². The van der Waals surface area contributed by atoms with Crippen molar-refractivity contribution in [1.29, 1.82) is 0 Å². The predicted octanol–water partition coefficient (Wildman–Crippen LogP) is -0.785. The minimum atomic E-state index is -3.12. The first-order valence-electron chi connectivity index (χ1n) is 4.63. The molecule has 0 spiro atoms. The summed E-state index contributed by atoms with van der Waals surface area (Å²) in [6.07, 6.45) is 0.515. The molecule has 2 unspecified atom stereocenters. The Morgan fingerprint density at radius 1 is 1.43 bits per heavy atom. The van der Waals surface area contributed by atoms with Crippen LogP contribution in [0.3, 0.4) is 0 Å². The predicted molar refractivity (Wildman–Crippen MR) is 51.9 cm³/mol.